The van der Waals surface area contributed by atoms with E-state index in [1.54, 1.807) is 31.4 Å². The lowest BCUT2D eigenvalue weighted by Crippen LogP contribution is -2.26. The second-order valence-corrected chi connectivity index (χ2v) is 7.53. The Morgan fingerprint density at radius 3 is 2.12 bits per heavy atom. The molecule has 6 heteroatoms. The third kappa shape index (κ3) is 7.80. The van der Waals surface area contributed by atoms with Crippen LogP contribution in [-0.2, 0) is 22.7 Å². The van der Waals surface area contributed by atoms with E-state index in [1.165, 1.54) is 0 Å². The second-order valence-electron chi connectivity index (χ2n) is 7.53. The second kappa shape index (κ2) is 13.5. The summed E-state index contributed by atoms with van der Waals surface area (Å²) in [4.78, 5) is 12.4. The molecule has 0 aliphatic rings. The number of carbonyl (C=O) groups is 1. The number of amides is 1. The molecule has 6 nitrogen and oxygen atoms in total. The predicted octanol–water partition coefficient (Wildman–Crippen LogP) is 4.90. The first-order chi connectivity index (χ1) is 16.7. The maximum Gasteiger partial charge on any atom is 0.261 e. The molecule has 0 saturated heterocycles. The van der Waals surface area contributed by atoms with E-state index in [-0.39, 0.29) is 5.57 Å². The number of nitriles is 1. The monoisotopic (exact) mass is 456 g/mol. The van der Waals surface area contributed by atoms with Gasteiger partial charge in [-0.15, -0.1) is 0 Å². The average Bonchev–Trinajstić information content (AvgIpc) is 2.89. The number of rotatable bonds is 12. The van der Waals surface area contributed by atoms with Crippen molar-refractivity contribution in [3.8, 4) is 17.6 Å². The van der Waals surface area contributed by atoms with Crippen molar-refractivity contribution in [1.29, 1.82) is 5.26 Å². The molecule has 34 heavy (non-hydrogen) atoms. The van der Waals surface area contributed by atoms with E-state index in [2.05, 4.69) is 5.32 Å². The van der Waals surface area contributed by atoms with Gasteiger partial charge in [-0.25, -0.2) is 0 Å². The molecular formula is C28H28N2O4. The van der Waals surface area contributed by atoms with Gasteiger partial charge in [-0.3, -0.25) is 4.79 Å². The van der Waals surface area contributed by atoms with E-state index in [0.717, 1.165) is 11.1 Å². The molecule has 0 fully saturated rings. The van der Waals surface area contributed by atoms with Gasteiger partial charge < -0.3 is 19.5 Å². The zero-order valence-electron chi connectivity index (χ0n) is 19.2. The third-order valence-corrected chi connectivity index (χ3v) is 4.93. The Balaban J connectivity index is 1.78. The van der Waals surface area contributed by atoms with Gasteiger partial charge in [0.05, 0.1) is 0 Å². The Bertz CT molecular complexity index is 1120. The molecule has 3 rings (SSSR count). The lowest BCUT2D eigenvalue weighted by atomic mass is 10.1. The fourth-order valence-corrected chi connectivity index (χ4v) is 3.15. The van der Waals surface area contributed by atoms with E-state index in [9.17, 15) is 10.1 Å². The van der Waals surface area contributed by atoms with Gasteiger partial charge in [-0.2, -0.15) is 5.26 Å². The normalized spacial score (nSPS) is 10.9. The molecule has 0 spiro atoms. The fraction of sp³-hybridized carbons (Fsp3) is 0.214. The largest absolute Gasteiger partial charge is 0.485 e. The molecule has 0 aliphatic carbocycles. The maximum atomic E-state index is 12.4. The molecule has 1 amide bonds. The highest BCUT2D eigenvalue weighted by Gasteiger charge is 2.11. The van der Waals surface area contributed by atoms with Crippen LogP contribution in [0.2, 0.25) is 0 Å². The van der Waals surface area contributed by atoms with Crippen LogP contribution in [0.5, 0.6) is 11.5 Å². The zero-order chi connectivity index (χ0) is 24.0. The first-order valence-electron chi connectivity index (χ1n) is 11.1. The SMILES string of the molecule is COCCCNC(=O)/C(C#N)=C/c1ccc(OCc2ccccc2)c(OCc2ccccc2)c1. The minimum absolute atomic E-state index is 0.0179. The standard InChI is InChI=1S/C28H28N2O4/c1-32-16-8-15-30-28(31)25(19-29)17-24-13-14-26(33-20-22-9-4-2-5-10-22)27(18-24)34-21-23-11-6-3-7-12-23/h2-7,9-14,17-18H,8,15-16,20-21H2,1H3,(H,30,31)/b25-17+. The average molecular weight is 457 g/mol. The zero-order valence-corrected chi connectivity index (χ0v) is 19.2. The van der Waals surface area contributed by atoms with Crippen molar-refractivity contribution in [2.75, 3.05) is 20.3 Å². The quantitative estimate of drug-likeness (QED) is 0.238. The van der Waals surface area contributed by atoms with E-state index in [0.29, 0.717) is 49.8 Å². The van der Waals surface area contributed by atoms with Crippen molar-refractivity contribution in [3.63, 3.8) is 0 Å². The summed E-state index contributed by atoms with van der Waals surface area (Å²) in [6.45, 7) is 1.73. The number of nitrogens with one attached hydrogen (secondary N) is 1. The summed E-state index contributed by atoms with van der Waals surface area (Å²) >= 11 is 0. The van der Waals surface area contributed by atoms with Crippen LogP contribution in [0.15, 0.2) is 84.4 Å². The summed E-state index contributed by atoms with van der Waals surface area (Å²) in [7, 11) is 1.60. The van der Waals surface area contributed by atoms with E-state index >= 15 is 0 Å². The Kier molecular flexibility index (Phi) is 9.73. The van der Waals surface area contributed by atoms with Gasteiger partial charge in [-0.1, -0.05) is 66.7 Å². The summed E-state index contributed by atoms with van der Waals surface area (Å²) in [5.74, 6) is 0.695. The summed E-state index contributed by atoms with van der Waals surface area (Å²) in [5.41, 5.74) is 2.74. The Morgan fingerprint density at radius 2 is 1.53 bits per heavy atom. The van der Waals surface area contributed by atoms with Gasteiger partial charge in [0.2, 0.25) is 0 Å². The first-order valence-corrected chi connectivity index (χ1v) is 11.1. The highest BCUT2D eigenvalue weighted by Crippen LogP contribution is 2.31. The Morgan fingerprint density at radius 1 is 0.912 bits per heavy atom. The molecule has 0 atom stereocenters. The number of ether oxygens (including phenoxy) is 3. The number of nitrogens with zero attached hydrogens (tertiary/aromatic N) is 1. The molecule has 3 aromatic rings. The highest BCUT2D eigenvalue weighted by atomic mass is 16.5. The van der Waals surface area contributed by atoms with Crippen molar-refractivity contribution < 1.29 is 19.0 Å². The number of benzene rings is 3. The first kappa shape index (κ1) is 24.6. The van der Waals surface area contributed by atoms with Crippen molar-refractivity contribution in [2.45, 2.75) is 19.6 Å². The van der Waals surface area contributed by atoms with Crippen LogP contribution < -0.4 is 14.8 Å². The van der Waals surface area contributed by atoms with Crippen molar-refractivity contribution in [3.05, 3.63) is 101 Å². The molecule has 0 aliphatic heterocycles. The summed E-state index contributed by atoms with van der Waals surface area (Å²) in [5, 5.41) is 12.2. The smallest absolute Gasteiger partial charge is 0.261 e. The summed E-state index contributed by atoms with van der Waals surface area (Å²) in [6.07, 6.45) is 2.22. The molecule has 0 saturated carbocycles. The van der Waals surface area contributed by atoms with Crippen LogP contribution in [0.25, 0.3) is 6.08 Å². The van der Waals surface area contributed by atoms with Gasteiger partial charge in [0.1, 0.15) is 24.9 Å². The van der Waals surface area contributed by atoms with Crippen molar-refractivity contribution in [1.82, 2.24) is 5.32 Å². The van der Waals surface area contributed by atoms with Gasteiger partial charge in [0.15, 0.2) is 11.5 Å². The van der Waals surface area contributed by atoms with Crippen LogP contribution >= 0.6 is 0 Å². The van der Waals surface area contributed by atoms with Crippen LogP contribution in [0.3, 0.4) is 0 Å². The van der Waals surface area contributed by atoms with Crippen LogP contribution in [0.1, 0.15) is 23.1 Å². The molecule has 0 radical (unpaired) electrons. The number of methoxy groups -OCH3 is 1. The molecule has 0 unspecified atom stereocenters. The lowest BCUT2D eigenvalue weighted by molar-refractivity contribution is -0.117. The lowest BCUT2D eigenvalue weighted by Gasteiger charge is -2.14. The predicted molar refractivity (Wildman–Crippen MR) is 131 cm³/mol. The number of hydrogen-bond donors (Lipinski definition) is 1. The minimum Gasteiger partial charge on any atom is -0.485 e. The summed E-state index contributed by atoms with van der Waals surface area (Å²) < 4.78 is 17.1. The number of hydrogen-bond acceptors (Lipinski definition) is 5. The molecular weight excluding hydrogens is 428 g/mol. The summed E-state index contributed by atoms with van der Waals surface area (Å²) in [6, 6.07) is 27.0. The minimum atomic E-state index is -0.422. The molecule has 3 aromatic carbocycles. The topological polar surface area (TPSA) is 80.6 Å². The molecule has 0 heterocycles. The van der Waals surface area contributed by atoms with Crippen LogP contribution in [-0.4, -0.2) is 26.2 Å². The maximum absolute atomic E-state index is 12.4. The fourth-order valence-electron chi connectivity index (χ4n) is 3.15. The van der Waals surface area contributed by atoms with E-state index < -0.39 is 5.91 Å². The third-order valence-electron chi connectivity index (χ3n) is 4.93. The van der Waals surface area contributed by atoms with Crippen molar-refractivity contribution >= 4 is 12.0 Å². The van der Waals surface area contributed by atoms with Crippen LogP contribution in [0, 0.1) is 11.3 Å². The van der Waals surface area contributed by atoms with Gasteiger partial charge in [-0.05, 0) is 41.3 Å². The Labute approximate surface area is 200 Å². The van der Waals surface area contributed by atoms with E-state index in [1.807, 2.05) is 66.7 Å². The molecule has 1 N–H and O–H groups in total. The van der Waals surface area contributed by atoms with Gasteiger partial charge in [0.25, 0.3) is 5.91 Å². The molecule has 0 aromatic heterocycles. The molecule has 174 valence electrons. The molecule has 0 bridgehead atoms. The van der Waals surface area contributed by atoms with E-state index in [4.69, 9.17) is 14.2 Å². The van der Waals surface area contributed by atoms with Crippen molar-refractivity contribution in [2.24, 2.45) is 0 Å². The van der Waals surface area contributed by atoms with Gasteiger partial charge >= 0.3 is 0 Å². The number of carbonyl (C=O) groups excluding carboxylic acids is 1. The Hall–Kier alpha value is -4.08. The van der Waals surface area contributed by atoms with Crippen LogP contribution in [0.4, 0.5) is 0 Å². The highest BCUT2D eigenvalue weighted by molar-refractivity contribution is 6.01. The van der Waals surface area contributed by atoms with Gasteiger partial charge in [0, 0.05) is 20.3 Å².